The average molecular weight is 384 g/mol. The first-order chi connectivity index (χ1) is 13.6. The van der Waals surface area contributed by atoms with Crippen LogP contribution in [-0.2, 0) is 9.53 Å². The van der Waals surface area contributed by atoms with E-state index in [2.05, 4.69) is 51.8 Å². The summed E-state index contributed by atoms with van der Waals surface area (Å²) in [6.07, 6.45) is 2.81. The van der Waals surface area contributed by atoms with Gasteiger partial charge in [0.05, 0.1) is 24.5 Å². The fourth-order valence-electron chi connectivity index (χ4n) is 4.41. The van der Waals surface area contributed by atoms with E-state index < -0.39 is 0 Å². The molecule has 3 saturated heterocycles. The highest BCUT2D eigenvalue weighted by Crippen LogP contribution is 2.33. The largest absolute Gasteiger partial charge is 0.379 e. The molecule has 4 heterocycles. The maximum Gasteiger partial charge on any atom is 0.254 e. The molecule has 0 radical (unpaired) electrons. The third kappa shape index (κ3) is 3.06. The number of hydrazine groups is 1. The van der Waals surface area contributed by atoms with Gasteiger partial charge in [-0.2, -0.15) is 0 Å². The van der Waals surface area contributed by atoms with Crippen LogP contribution in [0, 0.1) is 13.8 Å². The van der Waals surface area contributed by atoms with Crippen LogP contribution >= 0.6 is 0 Å². The van der Waals surface area contributed by atoms with E-state index in [-0.39, 0.29) is 18.4 Å². The van der Waals surface area contributed by atoms with E-state index in [0.717, 1.165) is 37.4 Å². The van der Waals surface area contributed by atoms with Gasteiger partial charge in [0.2, 0.25) is 0 Å². The zero-order valence-electron chi connectivity index (χ0n) is 16.5. The number of benzene rings is 1. The lowest BCUT2D eigenvalue weighted by atomic mass is 10.0. The van der Waals surface area contributed by atoms with Gasteiger partial charge in [-0.3, -0.25) is 20.0 Å². The van der Waals surface area contributed by atoms with Gasteiger partial charge in [-0.25, -0.2) is 5.43 Å². The summed E-state index contributed by atoms with van der Waals surface area (Å²) >= 11 is 0. The summed E-state index contributed by atoms with van der Waals surface area (Å²) < 4.78 is 5.42. The number of fused-ring (bicyclic) bond motifs is 1. The summed E-state index contributed by atoms with van der Waals surface area (Å²) in [5.41, 5.74) is 8.99. The number of hydrogen-bond acceptors (Lipinski definition) is 7. The van der Waals surface area contributed by atoms with Crippen molar-refractivity contribution in [1.29, 1.82) is 0 Å². The maximum atomic E-state index is 12.7. The van der Waals surface area contributed by atoms with Crippen LogP contribution in [0.3, 0.4) is 0 Å². The summed E-state index contributed by atoms with van der Waals surface area (Å²) in [6.45, 7) is 9.56. The van der Waals surface area contributed by atoms with Gasteiger partial charge in [0.25, 0.3) is 5.91 Å². The highest BCUT2D eigenvalue weighted by molar-refractivity contribution is 5.97. The molecular formula is C20H28N6O2. The van der Waals surface area contributed by atoms with Crippen molar-refractivity contribution in [3.05, 3.63) is 35.0 Å². The standard InChI is InChI=1S/C20H28N6O2/c1-13-10-15(24-4-3-5-24)11-14(2)17(13)26-12-16-18(23-26)21-20(22-19(16)27)25-6-8-28-9-7-25/h10-12,18,20-21,23H,3-9H2,1-2H3,(H,22,27). The van der Waals surface area contributed by atoms with Crippen molar-refractivity contribution in [3.63, 3.8) is 0 Å². The number of nitrogens with one attached hydrogen (secondary N) is 3. The molecule has 8 nitrogen and oxygen atoms in total. The van der Waals surface area contributed by atoms with E-state index >= 15 is 0 Å². The van der Waals surface area contributed by atoms with Gasteiger partial charge < -0.3 is 15.0 Å². The number of anilines is 2. The Bertz CT molecular complexity index is 792. The maximum absolute atomic E-state index is 12.7. The number of morpholine rings is 1. The number of rotatable bonds is 3. The van der Waals surface area contributed by atoms with Gasteiger partial charge >= 0.3 is 0 Å². The smallest absolute Gasteiger partial charge is 0.254 e. The number of amides is 1. The molecule has 0 aliphatic carbocycles. The van der Waals surface area contributed by atoms with Crippen LogP contribution in [0.1, 0.15) is 17.5 Å². The predicted molar refractivity (Wildman–Crippen MR) is 108 cm³/mol. The summed E-state index contributed by atoms with van der Waals surface area (Å²) in [5, 5.41) is 8.59. The van der Waals surface area contributed by atoms with Crippen LogP contribution in [0.4, 0.5) is 11.4 Å². The number of carbonyl (C=O) groups excluding carboxylic acids is 1. The van der Waals surface area contributed by atoms with Gasteiger partial charge in [0, 0.05) is 38.1 Å². The van der Waals surface area contributed by atoms with Crippen LogP contribution in [0.25, 0.3) is 0 Å². The third-order valence-electron chi connectivity index (χ3n) is 6.05. The molecule has 1 aromatic carbocycles. The number of aryl methyl sites for hydroxylation is 2. The quantitative estimate of drug-likeness (QED) is 0.696. The van der Waals surface area contributed by atoms with Gasteiger partial charge in [0.15, 0.2) is 0 Å². The lowest BCUT2D eigenvalue weighted by Crippen LogP contribution is -2.68. The number of nitrogens with zero attached hydrogens (tertiary/aromatic N) is 3. The second-order valence-electron chi connectivity index (χ2n) is 7.98. The summed E-state index contributed by atoms with van der Waals surface area (Å²) in [7, 11) is 0. The molecule has 3 N–H and O–H groups in total. The SMILES string of the molecule is Cc1cc(N2CCC2)cc(C)c1N1C=C2C(=O)NC(N3CCOCC3)NC2N1. The molecule has 0 saturated carbocycles. The zero-order chi connectivity index (χ0) is 19.3. The molecule has 0 aromatic heterocycles. The minimum Gasteiger partial charge on any atom is -0.379 e. The first-order valence-corrected chi connectivity index (χ1v) is 10.1. The minimum atomic E-state index is -0.199. The molecule has 28 heavy (non-hydrogen) atoms. The van der Waals surface area contributed by atoms with Crippen molar-refractivity contribution in [3.8, 4) is 0 Å². The highest BCUT2D eigenvalue weighted by Gasteiger charge is 2.39. The van der Waals surface area contributed by atoms with Gasteiger partial charge in [0.1, 0.15) is 12.5 Å². The van der Waals surface area contributed by atoms with Crippen molar-refractivity contribution in [2.45, 2.75) is 32.7 Å². The first kappa shape index (κ1) is 17.9. The Hall–Kier alpha value is -2.13. The molecule has 8 heteroatoms. The third-order valence-corrected chi connectivity index (χ3v) is 6.05. The fourth-order valence-corrected chi connectivity index (χ4v) is 4.41. The van der Waals surface area contributed by atoms with Crippen LogP contribution in [0.2, 0.25) is 0 Å². The van der Waals surface area contributed by atoms with E-state index in [1.165, 1.54) is 23.2 Å². The molecular weight excluding hydrogens is 356 g/mol. The second-order valence-corrected chi connectivity index (χ2v) is 7.98. The molecule has 0 spiro atoms. The number of hydrogen-bond donors (Lipinski definition) is 3. The zero-order valence-corrected chi connectivity index (χ0v) is 16.5. The topological polar surface area (TPSA) is 72.1 Å². The summed E-state index contributed by atoms with van der Waals surface area (Å²) in [6, 6.07) is 4.49. The van der Waals surface area contributed by atoms with Crippen molar-refractivity contribution >= 4 is 17.3 Å². The van der Waals surface area contributed by atoms with E-state index in [1.807, 2.05) is 11.2 Å². The molecule has 2 unspecified atom stereocenters. The van der Waals surface area contributed by atoms with Crippen molar-refractivity contribution in [1.82, 2.24) is 21.0 Å². The van der Waals surface area contributed by atoms with Gasteiger partial charge in [-0.15, -0.1) is 0 Å². The molecule has 2 atom stereocenters. The molecule has 4 aliphatic heterocycles. The molecule has 3 fully saturated rings. The average Bonchev–Trinajstić information content (AvgIpc) is 3.04. The molecule has 1 amide bonds. The second kappa shape index (κ2) is 7.04. The Morgan fingerprint density at radius 3 is 2.43 bits per heavy atom. The Labute approximate surface area is 165 Å². The van der Waals surface area contributed by atoms with Crippen LogP contribution < -0.4 is 26.0 Å². The van der Waals surface area contributed by atoms with Crippen LogP contribution in [0.5, 0.6) is 0 Å². The van der Waals surface area contributed by atoms with Gasteiger partial charge in [-0.1, -0.05) is 0 Å². The molecule has 5 rings (SSSR count). The van der Waals surface area contributed by atoms with E-state index in [1.54, 1.807) is 0 Å². The minimum absolute atomic E-state index is 0.0252. The molecule has 4 aliphatic rings. The lowest BCUT2D eigenvalue weighted by molar-refractivity contribution is -0.123. The monoisotopic (exact) mass is 384 g/mol. The first-order valence-electron chi connectivity index (χ1n) is 10.1. The Balaban J connectivity index is 1.36. The van der Waals surface area contributed by atoms with E-state index in [9.17, 15) is 4.79 Å². The summed E-state index contributed by atoms with van der Waals surface area (Å²) in [4.78, 5) is 17.3. The normalized spacial score (nSPS) is 27.9. The van der Waals surface area contributed by atoms with Crippen molar-refractivity contribution in [2.75, 3.05) is 49.3 Å². The van der Waals surface area contributed by atoms with Crippen molar-refractivity contribution < 1.29 is 9.53 Å². The van der Waals surface area contributed by atoms with Crippen molar-refractivity contribution in [2.24, 2.45) is 0 Å². The Morgan fingerprint density at radius 2 is 1.79 bits per heavy atom. The van der Waals surface area contributed by atoms with Crippen LogP contribution in [-0.4, -0.2) is 62.7 Å². The lowest BCUT2D eigenvalue weighted by Gasteiger charge is -2.40. The fraction of sp³-hybridized carbons (Fsp3) is 0.550. The van der Waals surface area contributed by atoms with Gasteiger partial charge in [-0.05, 0) is 43.5 Å². The summed E-state index contributed by atoms with van der Waals surface area (Å²) in [5.74, 6) is -0.0252. The number of carbonyl (C=O) groups is 1. The highest BCUT2D eigenvalue weighted by atomic mass is 16.5. The molecule has 150 valence electrons. The van der Waals surface area contributed by atoms with Crippen LogP contribution in [0.15, 0.2) is 23.9 Å². The Morgan fingerprint density at radius 1 is 1.07 bits per heavy atom. The number of ether oxygens (including phenoxy) is 1. The van der Waals surface area contributed by atoms with E-state index in [4.69, 9.17) is 4.74 Å². The molecule has 0 bridgehead atoms. The Kier molecular flexibility index (Phi) is 4.51. The predicted octanol–water partition coefficient (Wildman–Crippen LogP) is 0.383. The van der Waals surface area contributed by atoms with E-state index in [0.29, 0.717) is 13.2 Å². The molecule has 1 aromatic rings.